The second-order valence-electron chi connectivity index (χ2n) is 8.27. The molecule has 39 heavy (non-hydrogen) atoms. The molecule has 0 spiro atoms. The van der Waals surface area contributed by atoms with Crippen LogP contribution in [0.1, 0.15) is 42.2 Å². The lowest BCUT2D eigenvalue weighted by Gasteiger charge is -2.15. The number of hydrogen-bond acceptors (Lipinski definition) is 9. The summed E-state index contributed by atoms with van der Waals surface area (Å²) in [5.41, 5.74) is 7.11. The minimum atomic E-state index is -0.643. The van der Waals surface area contributed by atoms with Gasteiger partial charge in [-0.25, -0.2) is 0 Å². The number of carbonyl (C=O) groups excluding carboxylic acids is 3. The number of hydrogen-bond donors (Lipinski definition) is 2. The molecular formula is C29H25N3O7. The number of ketones is 1. The average molecular weight is 528 g/mol. The summed E-state index contributed by atoms with van der Waals surface area (Å²) >= 11 is 0. The first kappa shape index (κ1) is 26.8. The number of nitrogens with one attached hydrogen (secondary N) is 1. The van der Waals surface area contributed by atoms with Crippen LogP contribution in [0, 0.1) is 17.3 Å². The minimum absolute atomic E-state index is 0.0370. The van der Waals surface area contributed by atoms with Gasteiger partial charge in [-0.1, -0.05) is 24.0 Å². The van der Waals surface area contributed by atoms with E-state index in [1.165, 1.54) is 52.7 Å². The first-order valence-electron chi connectivity index (χ1n) is 11.6. The van der Waals surface area contributed by atoms with E-state index in [1.807, 2.05) is 0 Å². The van der Waals surface area contributed by atoms with Crippen LogP contribution in [0.15, 0.2) is 48.5 Å². The zero-order chi connectivity index (χ0) is 28.3. The number of methoxy groups -OCH3 is 4. The lowest BCUT2D eigenvalue weighted by Crippen LogP contribution is -2.30. The molecule has 0 bridgehead atoms. The number of amides is 2. The second-order valence-corrected chi connectivity index (χ2v) is 8.27. The van der Waals surface area contributed by atoms with Crippen LogP contribution >= 0.6 is 0 Å². The van der Waals surface area contributed by atoms with Gasteiger partial charge in [-0.15, -0.1) is 0 Å². The molecule has 10 nitrogen and oxygen atoms in total. The highest BCUT2D eigenvalue weighted by atomic mass is 16.5. The van der Waals surface area contributed by atoms with Crippen molar-refractivity contribution < 1.29 is 33.3 Å². The third-order valence-electron chi connectivity index (χ3n) is 6.18. The molecule has 3 aromatic carbocycles. The van der Waals surface area contributed by atoms with Gasteiger partial charge in [0, 0.05) is 11.1 Å². The number of anilines is 1. The van der Waals surface area contributed by atoms with Gasteiger partial charge < -0.3 is 24.7 Å². The normalized spacial score (nSPS) is 11.8. The Morgan fingerprint density at radius 1 is 0.872 bits per heavy atom. The van der Waals surface area contributed by atoms with E-state index in [9.17, 15) is 14.4 Å². The van der Waals surface area contributed by atoms with Crippen LogP contribution < -0.4 is 24.7 Å². The standard InChI is InChI=1S/C29H25N3O7/c1-36-21-12-11-20(25(31)26(33)16-14-22(37-2)27(39-4)23(15-16)38-3)24(30)19(21)10-7-13-32-28(34)17-8-5-6-9-18(17)29(32)35/h5-6,8-9,11-12,14-15,31H,13,30H2,1-4H3. The second kappa shape index (κ2) is 11.0. The number of fused-ring (bicyclic) bond motifs is 1. The molecule has 0 fully saturated rings. The molecule has 0 radical (unpaired) electrons. The molecule has 3 N–H and O–H groups in total. The largest absolute Gasteiger partial charge is 0.495 e. The monoisotopic (exact) mass is 527 g/mol. The first-order chi connectivity index (χ1) is 18.8. The number of carbonyl (C=O) groups is 3. The zero-order valence-electron chi connectivity index (χ0n) is 21.7. The Kier molecular flexibility index (Phi) is 7.53. The van der Waals surface area contributed by atoms with Gasteiger partial charge in [-0.2, -0.15) is 0 Å². The Morgan fingerprint density at radius 3 is 1.95 bits per heavy atom. The summed E-state index contributed by atoms with van der Waals surface area (Å²) in [6.07, 6.45) is 0. The SMILES string of the molecule is COc1ccc(C(=N)C(=O)c2cc(OC)c(OC)c(OC)c2)c(N)c1C#CCN1C(=O)c2ccccc2C1=O. The van der Waals surface area contributed by atoms with Crippen molar-refractivity contribution in [3.05, 3.63) is 76.3 Å². The predicted molar refractivity (Wildman–Crippen MR) is 143 cm³/mol. The summed E-state index contributed by atoms with van der Waals surface area (Å²) in [6.45, 7) is -0.180. The molecule has 1 aliphatic rings. The van der Waals surface area contributed by atoms with Gasteiger partial charge in [0.05, 0.1) is 57.4 Å². The molecule has 0 atom stereocenters. The van der Waals surface area contributed by atoms with Gasteiger partial charge in [0.25, 0.3) is 11.8 Å². The van der Waals surface area contributed by atoms with Crippen molar-refractivity contribution in [2.45, 2.75) is 0 Å². The van der Waals surface area contributed by atoms with E-state index in [1.54, 1.807) is 24.3 Å². The van der Waals surface area contributed by atoms with E-state index in [0.29, 0.717) is 22.6 Å². The average Bonchev–Trinajstić information content (AvgIpc) is 3.21. The molecule has 0 aromatic heterocycles. The maximum Gasteiger partial charge on any atom is 0.262 e. The molecule has 0 unspecified atom stereocenters. The van der Waals surface area contributed by atoms with Gasteiger partial charge in [-0.3, -0.25) is 24.7 Å². The summed E-state index contributed by atoms with van der Waals surface area (Å²) in [7, 11) is 5.71. The van der Waals surface area contributed by atoms with Crippen molar-refractivity contribution in [3.63, 3.8) is 0 Å². The number of imide groups is 1. The topological polar surface area (TPSA) is 141 Å². The number of nitrogens with zero attached hydrogens (tertiary/aromatic N) is 1. The molecule has 198 valence electrons. The Balaban J connectivity index is 1.65. The number of benzene rings is 3. The molecule has 10 heteroatoms. The van der Waals surface area contributed by atoms with Crippen molar-refractivity contribution in [2.24, 2.45) is 0 Å². The molecule has 0 saturated carbocycles. The van der Waals surface area contributed by atoms with Gasteiger partial charge >= 0.3 is 0 Å². The summed E-state index contributed by atoms with van der Waals surface area (Å²) in [5.74, 6) is 5.26. The van der Waals surface area contributed by atoms with Gasteiger partial charge in [-0.05, 0) is 36.4 Å². The lowest BCUT2D eigenvalue weighted by atomic mass is 9.96. The number of rotatable bonds is 8. The third kappa shape index (κ3) is 4.73. The quantitative estimate of drug-likeness (QED) is 0.150. The Hall–Kier alpha value is -5.30. The number of nitrogens with two attached hydrogens (primary N) is 1. The number of Topliss-reactive ketones (excluding diaryl/α,β-unsaturated/α-hetero) is 1. The van der Waals surface area contributed by atoms with E-state index in [2.05, 4.69) is 11.8 Å². The Morgan fingerprint density at radius 2 is 1.44 bits per heavy atom. The van der Waals surface area contributed by atoms with Crippen molar-refractivity contribution in [1.82, 2.24) is 4.90 Å². The molecule has 0 saturated heterocycles. The van der Waals surface area contributed by atoms with Crippen molar-refractivity contribution >= 4 is 29.0 Å². The van der Waals surface area contributed by atoms with E-state index in [0.717, 1.165) is 4.90 Å². The molecule has 4 rings (SSSR count). The number of nitrogen functional groups attached to an aromatic ring is 1. The molecule has 3 aromatic rings. The maximum absolute atomic E-state index is 13.3. The fraction of sp³-hybridized carbons (Fsp3) is 0.172. The highest BCUT2D eigenvalue weighted by molar-refractivity contribution is 6.51. The van der Waals surface area contributed by atoms with E-state index in [-0.39, 0.29) is 40.4 Å². The highest BCUT2D eigenvalue weighted by Gasteiger charge is 2.34. The van der Waals surface area contributed by atoms with Crippen LogP contribution in [0.4, 0.5) is 5.69 Å². The highest BCUT2D eigenvalue weighted by Crippen LogP contribution is 2.38. The molecular weight excluding hydrogens is 502 g/mol. The minimum Gasteiger partial charge on any atom is -0.495 e. The van der Waals surface area contributed by atoms with Crippen LogP contribution in [0.2, 0.25) is 0 Å². The van der Waals surface area contributed by atoms with Crippen molar-refractivity contribution in [3.8, 4) is 34.8 Å². The molecule has 0 aliphatic carbocycles. The fourth-order valence-electron chi connectivity index (χ4n) is 4.19. The van der Waals surface area contributed by atoms with Crippen molar-refractivity contribution in [2.75, 3.05) is 40.7 Å². The van der Waals surface area contributed by atoms with E-state index in [4.69, 9.17) is 30.1 Å². The van der Waals surface area contributed by atoms with Gasteiger partial charge in [0.1, 0.15) is 11.5 Å². The Bertz CT molecular complexity index is 1520. The smallest absolute Gasteiger partial charge is 0.262 e. The fourth-order valence-corrected chi connectivity index (χ4v) is 4.19. The van der Waals surface area contributed by atoms with Gasteiger partial charge in [0.2, 0.25) is 11.5 Å². The van der Waals surface area contributed by atoms with Crippen LogP contribution in [-0.4, -0.2) is 63.2 Å². The van der Waals surface area contributed by atoms with Crippen LogP contribution in [0.5, 0.6) is 23.0 Å². The Labute approximate surface area is 224 Å². The molecule has 2 amide bonds. The van der Waals surface area contributed by atoms with Crippen molar-refractivity contribution in [1.29, 1.82) is 5.41 Å². The summed E-state index contributed by atoms with van der Waals surface area (Å²) in [5, 5.41) is 8.60. The zero-order valence-corrected chi connectivity index (χ0v) is 21.7. The van der Waals surface area contributed by atoms with E-state index < -0.39 is 23.3 Å². The molecule has 1 heterocycles. The summed E-state index contributed by atoms with van der Waals surface area (Å²) < 4.78 is 21.3. The first-order valence-corrected chi connectivity index (χ1v) is 11.6. The summed E-state index contributed by atoms with van der Waals surface area (Å²) in [4.78, 5) is 39.6. The van der Waals surface area contributed by atoms with Crippen LogP contribution in [-0.2, 0) is 0 Å². The van der Waals surface area contributed by atoms with E-state index >= 15 is 0 Å². The lowest BCUT2D eigenvalue weighted by molar-refractivity contribution is 0.0674. The third-order valence-corrected chi connectivity index (χ3v) is 6.18. The summed E-state index contributed by atoms with van der Waals surface area (Å²) in [6, 6.07) is 12.5. The van der Waals surface area contributed by atoms with Crippen LogP contribution in [0.25, 0.3) is 0 Å². The molecule has 1 aliphatic heterocycles. The number of ether oxygens (including phenoxy) is 4. The van der Waals surface area contributed by atoms with Gasteiger partial charge in [0.15, 0.2) is 11.5 Å². The maximum atomic E-state index is 13.3. The van der Waals surface area contributed by atoms with Crippen LogP contribution in [0.3, 0.4) is 0 Å². The predicted octanol–water partition coefficient (Wildman–Crippen LogP) is 3.20.